The maximum Gasteiger partial charge on any atom is 0.255 e. The van der Waals surface area contributed by atoms with E-state index in [9.17, 15) is 4.79 Å². The maximum absolute atomic E-state index is 12.8. The summed E-state index contributed by atoms with van der Waals surface area (Å²) in [7, 11) is 0. The molecule has 1 aromatic carbocycles. The van der Waals surface area contributed by atoms with Crippen LogP contribution in [0.3, 0.4) is 0 Å². The Balaban J connectivity index is 1.46. The molecule has 0 bridgehead atoms. The van der Waals surface area contributed by atoms with E-state index in [1.807, 2.05) is 17.7 Å². The third-order valence-electron chi connectivity index (χ3n) is 5.07. The lowest BCUT2D eigenvalue weighted by Gasteiger charge is -2.24. The average Bonchev–Trinajstić information content (AvgIpc) is 3.37. The van der Waals surface area contributed by atoms with Gasteiger partial charge in [-0.2, -0.15) is 0 Å². The van der Waals surface area contributed by atoms with E-state index < -0.39 is 0 Å². The first-order valence-electron chi connectivity index (χ1n) is 9.29. The van der Waals surface area contributed by atoms with Gasteiger partial charge >= 0.3 is 0 Å². The van der Waals surface area contributed by atoms with Gasteiger partial charge in [0.05, 0.1) is 24.7 Å². The molecule has 27 heavy (non-hydrogen) atoms. The Morgan fingerprint density at radius 1 is 1.37 bits per heavy atom. The summed E-state index contributed by atoms with van der Waals surface area (Å²) >= 11 is 0. The van der Waals surface area contributed by atoms with Gasteiger partial charge in [0, 0.05) is 36.7 Å². The predicted octanol–water partition coefficient (Wildman–Crippen LogP) is 3.25. The number of amides is 1. The van der Waals surface area contributed by atoms with Crippen molar-refractivity contribution >= 4 is 11.6 Å². The van der Waals surface area contributed by atoms with Crippen LogP contribution in [0, 0.1) is 0 Å². The van der Waals surface area contributed by atoms with Gasteiger partial charge in [0.25, 0.3) is 5.91 Å². The smallest absolute Gasteiger partial charge is 0.255 e. The van der Waals surface area contributed by atoms with Crippen molar-refractivity contribution in [3.05, 3.63) is 72.2 Å². The zero-order chi connectivity index (χ0) is 18.8. The van der Waals surface area contributed by atoms with Gasteiger partial charge in [0.1, 0.15) is 5.76 Å². The molecule has 0 aliphatic carbocycles. The molecule has 0 saturated heterocycles. The highest BCUT2D eigenvalue weighted by molar-refractivity contribution is 5.95. The van der Waals surface area contributed by atoms with Crippen LogP contribution in [0.25, 0.3) is 0 Å². The molecular formula is C21H24N4O2. The second kappa shape index (κ2) is 7.31. The minimum Gasteiger partial charge on any atom is -0.467 e. The monoisotopic (exact) mass is 364 g/mol. The van der Waals surface area contributed by atoms with Crippen LogP contribution in [0.2, 0.25) is 0 Å². The average molecular weight is 364 g/mol. The molecular weight excluding hydrogens is 340 g/mol. The van der Waals surface area contributed by atoms with Gasteiger partial charge < -0.3 is 19.2 Å². The first kappa shape index (κ1) is 17.4. The zero-order valence-electron chi connectivity index (χ0n) is 15.6. The van der Waals surface area contributed by atoms with Crippen LogP contribution in [0.5, 0.6) is 0 Å². The number of hydrogen-bond donors (Lipinski definition) is 1. The molecule has 0 spiro atoms. The van der Waals surface area contributed by atoms with Crippen molar-refractivity contribution in [1.29, 1.82) is 0 Å². The van der Waals surface area contributed by atoms with Gasteiger partial charge in [0.2, 0.25) is 0 Å². The first-order valence-corrected chi connectivity index (χ1v) is 9.29. The summed E-state index contributed by atoms with van der Waals surface area (Å²) < 4.78 is 7.63. The molecule has 6 nitrogen and oxygen atoms in total. The lowest BCUT2D eigenvalue weighted by Crippen LogP contribution is -2.36. The molecule has 0 fully saturated rings. The van der Waals surface area contributed by atoms with Crippen molar-refractivity contribution in [1.82, 2.24) is 14.9 Å². The predicted molar refractivity (Wildman–Crippen MR) is 104 cm³/mol. The molecule has 1 aliphatic heterocycles. The minimum atomic E-state index is -0.105. The number of benzene rings is 1. The lowest BCUT2D eigenvalue weighted by molar-refractivity contribution is 0.0934. The number of nitrogens with one attached hydrogen (secondary N) is 1. The zero-order valence-corrected chi connectivity index (χ0v) is 15.6. The number of rotatable bonds is 6. The van der Waals surface area contributed by atoms with Crippen LogP contribution < -0.4 is 10.2 Å². The molecule has 0 saturated carbocycles. The highest BCUT2D eigenvalue weighted by Crippen LogP contribution is 2.33. The summed E-state index contributed by atoms with van der Waals surface area (Å²) in [5, 5.41) is 3.05. The SMILES string of the molecule is CC(Cn1ccnc1)NC(=O)c1ccoc1CN1c2ccccc2CC1C. The Morgan fingerprint density at radius 3 is 3.04 bits per heavy atom. The number of fused-ring (bicyclic) bond motifs is 1. The molecule has 0 radical (unpaired) electrons. The number of imidazole rings is 1. The van der Waals surface area contributed by atoms with E-state index in [0.29, 0.717) is 30.5 Å². The van der Waals surface area contributed by atoms with Gasteiger partial charge in [-0.3, -0.25) is 4.79 Å². The lowest BCUT2D eigenvalue weighted by atomic mass is 10.1. The van der Waals surface area contributed by atoms with Crippen molar-refractivity contribution in [2.75, 3.05) is 4.90 Å². The number of carbonyl (C=O) groups excluding carboxylic acids is 1. The van der Waals surface area contributed by atoms with Crippen LogP contribution in [0.4, 0.5) is 5.69 Å². The van der Waals surface area contributed by atoms with Gasteiger partial charge in [-0.25, -0.2) is 4.98 Å². The number of para-hydroxylation sites is 1. The Labute approximate surface area is 158 Å². The molecule has 2 aromatic heterocycles. The molecule has 6 heteroatoms. The number of anilines is 1. The Bertz CT molecular complexity index is 916. The van der Waals surface area contributed by atoms with Crippen LogP contribution in [0.1, 0.15) is 35.5 Å². The molecule has 2 unspecified atom stereocenters. The second-order valence-electron chi connectivity index (χ2n) is 7.20. The highest BCUT2D eigenvalue weighted by atomic mass is 16.3. The molecule has 140 valence electrons. The standard InChI is InChI=1S/C21H24N4O2/c1-15(12-24-9-8-22-14-24)23-21(26)18-7-10-27-20(18)13-25-16(2)11-17-5-3-4-6-19(17)25/h3-10,14-16H,11-13H2,1-2H3,(H,23,26). The van der Waals surface area contributed by atoms with Crippen molar-refractivity contribution in [2.45, 2.75) is 45.4 Å². The van der Waals surface area contributed by atoms with Crippen LogP contribution in [0.15, 0.2) is 59.7 Å². The Kier molecular flexibility index (Phi) is 4.71. The minimum absolute atomic E-state index is 0.0131. The maximum atomic E-state index is 12.8. The fourth-order valence-electron chi connectivity index (χ4n) is 3.75. The third kappa shape index (κ3) is 3.60. The third-order valence-corrected chi connectivity index (χ3v) is 5.07. The summed E-state index contributed by atoms with van der Waals surface area (Å²) in [4.78, 5) is 19.1. The Morgan fingerprint density at radius 2 is 2.22 bits per heavy atom. The van der Waals surface area contributed by atoms with E-state index >= 15 is 0 Å². The molecule has 4 rings (SSSR count). The number of furan rings is 1. The van der Waals surface area contributed by atoms with Gasteiger partial charge in [-0.15, -0.1) is 0 Å². The normalized spacial score (nSPS) is 17.0. The highest BCUT2D eigenvalue weighted by Gasteiger charge is 2.28. The quantitative estimate of drug-likeness (QED) is 0.729. The summed E-state index contributed by atoms with van der Waals surface area (Å²) in [6.45, 7) is 5.45. The summed E-state index contributed by atoms with van der Waals surface area (Å²) in [5.41, 5.74) is 3.17. The molecule has 1 N–H and O–H groups in total. The fraction of sp³-hybridized carbons (Fsp3) is 0.333. The van der Waals surface area contributed by atoms with Gasteiger partial charge in [-0.1, -0.05) is 18.2 Å². The number of nitrogens with zero attached hydrogens (tertiary/aromatic N) is 3. The van der Waals surface area contributed by atoms with Crippen molar-refractivity contribution < 1.29 is 9.21 Å². The Hall–Kier alpha value is -3.02. The fourth-order valence-corrected chi connectivity index (χ4v) is 3.75. The molecule has 2 atom stereocenters. The van der Waals surface area contributed by atoms with Crippen LogP contribution in [-0.2, 0) is 19.5 Å². The van der Waals surface area contributed by atoms with Gasteiger partial charge in [0.15, 0.2) is 0 Å². The van der Waals surface area contributed by atoms with E-state index in [2.05, 4.69) is 46.4 Å². The molecule has 3 heterocycles. The summed E-state index contributed by atoms with van der Waals surface area (Å²) in [5.74, 6) is 0.595. The number of aromatic nitrogens is 2. The first-order chi connectivity index (χ1) is 13.1. The van der Waals surface area contributed by atoms with E-state index in [1.54, 1.807) is 24.9 Å². The molecule has 3 aromatic rings. The van der Waals surface area contributed by atoms with Crippen molar-refractivity contribution in [2.24, 2.45) is 0 Å². The number of carbonyl (C=O) groups is 1. The molecule has 1 amide bonds. The van der Waals surface area contributed by atoms with Crippen molar-refractivity contribution in [3.8, 4) is 0 Å². The van der Waals surface area contributed by atoms with E-state index in [0.717, 1.165) is 6.42 Å². The van der Waals surface area contributed by atoms with E-state index in [-0.39, 0.29) is 11.9 Å². The van der Waals surface area contributed by atoms with E-state index in [1.165, 1.54) is 11.3 Å². The second-order valence-corrected chi connectivity index (χ2v) is 7.20. The van der Waals surface area contributed by atoms with Crippen LogP contribution >= 0.6 is 0 Å². The van der Waals surface area contributed by atoms with Crippen LogP contribution in [-0.4, -0.2) is 27.5 Å². The summed E-state index contributed by atoms with van der Waals surface area (Å²) in [6, 6.07) is 10.5. The molecule has 1 aliphatic rings. The number of hydrogen-bond acceptors (Lipinski definition) is 4. The van der Waals surface area contributed by atoms with E-state index in [4.69, 9.17) is 4.42 Å². The van der Waals surface area contributed by atoms with Crippen molar-refractivity contribution in [3.63, 3.8) is 0 Å². The summed E-state index contributed by atoms with van der Waals surface area (Å²) in [6.07, 6.45) is 7.98. The topological polar surface area (TPSA) is 63.3 Å². The van der Waals surface area contributed by atoms with Gasteiger partial charge in [-0.05, 0) is 38.0 Å². The largest absolute Gasteiger partial charge is 0.467 e.